The lowest BCUT2D eigenvalue weighted by Crippen LogP contribution is -2.01. The number of hydrogen-bond donors (Lipinski definition) is 2. The second-order valence-electron chi connectivity index (χ2n) is 4.07. The number of nitrogens with one attached hydrogen (secondary N) is 1. The van der Waals surface area contributed by atoms with Gasteiger partial charge in [0.1, 0.15) is 6.34 Å². The van der Waals surface area contributed by atoms with Crippen molar-refractivity contribution in [2.45, 2.75) is 5.92 Å². The Bertz CT molecular complexity index is 650. The van der Waals surface area contributed by atoms with E-state index in [2.05, 4.69) is 11.1 Å². The molecule has 2 aromatic carbocycles. The van der Waals surface area contributed by atoms with Crippen LogP contribution < -0.4 is 5.48 Å². The first-order chi connectivity index (χ1) is 9.76. The van der Waals surface area contributed by atoms with Crippen LogP contribution >= 0.6 is 11.6 Å². The van der Waals surface area contributed by atoms with Crippen LogP contribution in [0.1, 0.15) is 17.0 Å². The fourth-order valence-corrected chi connectivity index (χ4v) is 2.19. The lowest BCUT2D eigenvalue weighted by molar-refractivity contribution is 0.240. The molecule has 5 heteroatoms. The number of hydroxylamine groups is 1. The van der Waals surface area contributed by atoms with Crippen molar-refractivity contribution >= 4 is 23.6 Å². The van der Waals surface area contributed by atoms with Crippen molar-refractivity contribution in [3.05, 3.63) is 64.7 Å². The van der Waals surface area contributed by atoms with E-state index in [0.29, 0.717) is 10.7 Å². The van der Waals surface area contributed by atoms with Crippen LogP contribution in [-0.2, 0) is 0 Å². The lowest BCUT2D eigenvalue weighted by atomic mass is 9.92. The summed E-state index contributed by atoms with van der Waals surface area (Å²) < 4.78 is 0. The van der Waals surface area contributed by atoms with Gasteiger partial charge in [-0.2, -0.15) is 5.26 Å². The molecule has 2 aromatic rings. The molecule has 0 radical (unpaired) electrons. The molecule has 1 atom stereocenters. The van der Waals surface area contributed by atoms with Crippen LogP contribution in [0.25, 0.3) is 0 Å². The molecule has 0 saturated heterocycles. The van der Waals surface area contributed by atoms with E-state index in [9.17, 15) is 5.26 Å². The molecule has 0 aliphatic carbocycles. The van der Waals surface area contributed by atoms with Crippen molar-refractivity contribution in [1.29, 1.82) is 5.26 Å². The summed E-state index contributed by atoms with van der Waals surface area (Å²) in [5.41, 5.74) is 4.04. The van der Waals surface area contributed by atoms with E-state index in [1.165, 1.54) is 0 Å². The largest absolute Gasteiger partial charge is 0.290 e. The Kier molecular flexibility index (Phi) is 4.72. The van der Waals surface area contributed by atoms with Gasteiger partial charge >= 0.3 is 0 Å². The molecule has 4 nitrogen and oxygen atoms in total. The lowest BCUT2D eigenvalue weighted by Gasteiger charge is -2.12. The van der Waals surface area contributed by atoms with E-state index in [1.807, 2.05) is 35.8 Å². The minimum atomic E-state index is -0.419. The first-order valence-corrected chi connectivity index (χ1v) is 6.30. The molecule has 0 fully saturated rings. The van der Waals surface area contributed by atoms with E-state index < -0.39 is 5.92 Å². The fraction of sp³-hybridized carbons (Fsp3) is 0.0667. The number of nitrogens with zero attached hydrogens (tertiary/aromatic N) is 2. The van der Waals surface area contributed by atoms with Crippen LogP contribution in [0, 0.1) is 11.3 Å². The molecular formula is C15H12ClN3O. The van der Waals surface area contributed by atoms with Crippen molar-refractivity contribution in [2.75, 3.05) is 0 Å². The van der Waals surface area contributed by atoms with Crippen LogP contribution in [0.3, 0.4) is 0 Å². The Morgan fingerprint density at radius 1 is 1.25 bits per heavy atom. The highest BCUT2D eigenvalue weighted by Crippen LogP contribution is 2.32. The van der Waals surface area contributed by atoms with Gasteiger partial charge in [-0.1, -0.05) is 48.0 Å². The molecule has 0 aliphatic rings. The summed E-state index contributed by atoms with van der Waals surface area (Å²) in [5, 5.41) is 18.3. The summed E-state index contributed by atoms with van der Waals surface area (Å²) in [7, 11) is 0. The molecule has 0 saturated carbocycles. The number of rotatable bonds is 4. The standard InChI is InChI=1S/C15H12ClN3O/c16-15-8-12(18-10-19-20)6-7-13(15)14(9-17)11-4-2-1-3-5-11/h1-8,10,14,20H,(H,18,19). The molecule has 0 bridgehead atoms. The number of benzene rings is 2. The van der Waals surface area contributed by atoms with Crippen LogP contribution in [0.5, 0.6) is 0 Å². The monoisotopic (exact) mass is 285 g/mol. The van der Waals surface area contributed by atoms with E-state index in [4.69, 9.17) is 16.8 Å². The van der Waals surface area contributed by atoms with Crippen molar-refractivity contribution in [2.24, 2.45) is 4.99 Å². The molecule has 2 rings (SSSR count). The Morgan fingerprint density at radius 3 is 2.60 bits per heavy atom. The summed E-state index contributed by atoms with van der Waals surface area (Å²) in [5.74, 6) is -0.419. The Balaban J connectivity index is 2.37. The number of hydrogen-bond acceptors (Lipinski definition) is 3. The molecule has 0 aliphatic heterocycles. The maximum Gasteiger partial charge on any atom is 0.113 e. The third-order valence-electron chi connectivity index (χ3n) is 2.83. The first kappa shape index (κ1) is 14.1. The van der Waals surface area contributed by atoms with Crippen LogP contribution in [0.2, 0.25) is 5.02 Å². The SMILES string of the molecule is N#CC(c1ccccc1)c1ccc(N=CNO)cc1Cl. The van der Waals surface area contributed by atoms with Crippen LogP contribution in [0.4, 0.5) is 5.69 Å². The van der Waals surface area contributed by atoms with Gasteiger partial charge in [-0.15, -0.1) is 0 Å². The van der Waals surface area contributed by atoms with Gasteiger partial charge in [0.25, 0.3) is 0 Å². The fourth-order valence-electron chi connectivity index (χ4n) is 1.90. The van der Waals surface area contributed by atoms with Crippen LogP contribution in [-0.4, -0.2) is 11.5 Å². The smallest absolute Gasteiger partial charge is 0.113 e. The van der Waals surface area contributed by atoms with E-state index in [0.717, 1.165) is 17.5 Å². The maximum absolute atomic E-state index is 9.39. The van der Waals surface area contributed by atoms with Gasteiger partial charge in [0.15, 0.2) is 0 Å². The molecule has 0 spiro atoms. The normalized spacial score (nSPS) is 12.1. The molecule has 1 unspecified atom stereocenters. The van der Waals surface area contributed by atoms with Gasteiger partial charge < -0.3 is 0 Å². The van der Waals surface area contributed by atoms with Gasteiger partial charge in [-0.05, 0) is 23.3 Å². The predicted molar refractivity (Wildman–Crippen MR) is 78.4 cm³/mol. The Hall–Kier alpha value is -2.35. The quantitative estimate of drug-likeness (QED) is 0.512. The highest BCUT2D eigenvalue weighted by molar-refractivity contribution is 6.31. The Morgan fingerprint density at radius 2 is 2.00 bits per heavy atom. The van der Waals surface area contributed by atoms with Gasteiger partial charge in [0.05, 0.1) is 17.7 Å². The van der Waals surface area contributed by atoms with Gasteiger partial charge in [0, 0.05) is 5.02 Å². The Labute approximate surface area is 121 Å². The number of halogens is 1. The van der Waals surface area contributed by atoms with Crippen molar-refractivity contribution in [3.8, 4) is 6.07 Å². The second-order valence-corrected chi connectivity index (χ2v) is 4.47. The predicted octanol–water partition coefficient (Wildman–Crippen LogP) is 3.63. The average Bonchev–Trinajstić information content (AvgIpc) is 2.49. The summed E-state index contributed by atoms with van der Waals surface area (Å²) in [6.07, 6.45) is 1.14. The molecule has 0 amide bonds. The molecule has 100 valence electrons. The zero-order valence-corrected chi connectivity index (χ0v) is 11.2. The van der Waals surface area contributed by atoms with Gasteiger partial charge in [0.2, 0.25) is 0 Å². The zero-order valence-electron chi connectivity index (χ0n) is 10.5. The highest BCUT2D eigenvalue weighted by atomic mass is 35.5. The molecule has 2 N–H and O–H groups in total. The van der Waals surface area contributed by atoms with Crippen molar-refractivity contribution in [3.63, 3.8) is 0 Å². The van der Waals surface area contributed by atoms with E-state index in [-0.39, 0.29) is 0 Å². The summed E-state index contributed by atoms with van der Waals surface area (Å²) >= 11 is 6.22. The third kappa shape index (κ3) is 3.15. The molecular weight excluding hydrogens is 274 g/mol. The van der Waals surface area contributed by atoms with Crippen molar-refractivity contribution in [1.82, 2.24) is 5.48 Å². The summed E-state index contributed by atoms with van der Waals surface area (Å²) in [6.45, 7) is 0. The molecule has 0 heterocycles. The topological polar surface area (TPSA) is 68.4 Å². The zero-order chi connectivity index (χ0) is 14.4. The first-order valence-electron chi connectivity index (χ1n) is 5.92. The summed E-state index contributed by atoms with van der Waals surface area (Å²) in [4.78, 5) is 3.93. The molecule has 20 heavy (non-hydrogen) atoms. The minimum Gasteiger partial charge on any atom is -0.290 e. The van der Waals surface area contributed by atoms with Crippen molar-refractivity contribution < 1.29 is 5.21 Å². The molecule has 0 aromatic heterocycles. The van der Waals surface area contributed by atoms with Crippen LogP contribution in [0.15, 0.2) is 53.5 Å². The number of nitriles is 1. The van der Waals surface area contributed by atoms with E-state index >= 15 is 0 Å². The summed E-state index contributed by atoms with van der Waals surface area (Å²) in [6, 6.07) is 16.9. The second kappa shape index (κ2) is 6.71. The van der Waals surface area contributed by atoms with Gasteiger partial charge in [-0.3, -0.25) is 10.7 Å². The third-order valence-corrected chi connectivity index (χ3v) is 3.16. The number of aliphatic imine (C=N–C) groups is 1. The maximum atomic E-state index is 9.39. The van der Waals surface area contributed by atoms with Gasteiger partial charge in [-0.25, -0.2) is 4.99 Å². The highest BCUT2D eigenvalue weighted by Gasteiger charge is 2.16. The van der Waals surface area contributed by atoms with E-state index in [1.54, 1.807) is 18.2 Å². The average molecular weight is 286 g/mol. The minimum absolute atomic E-state index is 0.419.